The number of benzene rings is 2. The number of nitrogens with zero attached hydrogens (tertiary/aromatic N) is 5. The summed E-state index contributed by atoms with van der Waals surface area (Å²) in [5.74, 6) is 0.113. The average Bonchev–Trinajstić information content (AvgIpc) is 3.54. The number of halogens is 1. The average molecular weight is 477 g/mol. The number of carbonyl (C=O) groups is 1. The van der Waals surface area contributed by atoms with Crippen molar-refractivity contribution in [1.29, 1.82) is 0 Å². The number of non-ortho nitro benzene ring substituents is 1. The van der Waals surface area contributed by atoms with Gasteiger partial charge in [-0.05, 0) is 42.8 Å². The van der Waals surface area contributed by atoms with Crippen LogP contribution in [0.1, 0.15) is 40.3 Å². The van der Waals surface area contributed by atoms with Crippen LogP contribution in [0.3, 0.4) is 0 Å². The summed E-state index contributed by atoms with van der Waals surface area (Å²) in [4.78, 5) is 26.6. The predicted octanol–water partition coefficient (Wildman–Crippen LogP) is 4.73. The molecule has 2 aromatic carbocycles. The molecule has 11 heteroatoms. The number of oxazole rings is 1. The summed E-state index contributed by atoms with van der Waals surface area (Å²) >= 11 is 0. The number of hydrogen-bond acceptors (Lipinski definition) is 8. The quantitative estimate of drug-likeness (QED) is 0.172. The molecule has 0 spiro atoms. The van der Waals surface area contributed by atoms with E-state index in [2.05, 4.69) is 15.3 Å². The van der Waals surface area contributed by atoms with Crippen LogP contribution in [0.15, 0.2) is 65.5 Å². The highest BCUT2D eigenvalue weighted by atomic mass is 19.1. The Morgan fingerprint density at radius 1 is 1.20 bits per heavy atom. The van der Waals surface area contributed by atoms with Crippen LogP contribution < -0.4 is 4.74 Å². The maximum Gasteiger partial charge on any atom is 0.272 e. The van der Waals surface area contributed by atoms with Gasteiger partial charge in [-0.3, -0.25) is 19.6 Å². The molecule has 0 bridgehead atoms. The van der Waals surface area contributed by atoms with Gasteiger partial charge in [0.2, 0.25) is 5.89 Å². The summed E-state index contributed by atoms with van der Waals surface area (Å²) in [7, 11) is 0. The minimum Gasteiger partial charge on any atom is -0.487 e. The van der Waals surface area contributed by atoms with Gasteiger partial charge in [0.05, 0.1) is 17.2 Å². The van der Waals surface area contributed by atoms with Gasteiger partial charge in [0, 0.05) is 42.4 Å². The number of aromatic nitrogens is 4. The Hall–Kier alpha value is -4.67. The van der Waals surface area contributed by atoms with Crippen molar-refractivity contribution in [2.24, 2.45) is 0 Å². The predicted molar refractivity (Wildman–Crippen MR) is 123 cm³/mol. The van der Waals surface area contributed by atoms with Crippen molar-refractivity contribution in [2.75, 3.05) is 0 Å². The minimum atomic E-state index is -0.720. The maximum atomic E-state index is 14.0. The Bertz CT molecular complexity index is 1330. The Kier molecular flexibility index (Phi) is 7.36. The number of Topliss-reactive ketones (excluding diaryl/α,β-unsaturated/α-hetero) is 1. The Balaban J connectivity index is 1.26. The third-order valence-electron chi connectivity index (χ3n) is 5.00. The standard InChI is InChI=1S/C24H20FN5O5/c25-22-14-20(30(32)33)7-3-17(22)6-10-24-27-19(16-35-24)15-34-21-8-4-18(5-9-21)23(31)2-1-12-29-13-11-26-28-29/h3-11,13-14,16H,1-2,12,15H2/b10-6+. The topological polar surface area (TPSA) is 126 Å². The number of ether oxygens (including phenoxy) is 1. The largest absolute Gasteiger partial charge is 0.487 e. The fourth-order valence-electron chi connectivity index (χ4n) is 3.18. The third kappa shape index (κ3) is 6.44. The zero-order chi connectivity index (χ0) is 24.6. The van der Waals surface area contributed by atoms with Crippen molar-refractivity contribution in [3.05, 3.63) is 99.8 Å². The van der Waals surface area contributed by atoms with E-state index in [9.17, 15) is 19.3 Å². The lowest BCUT2D eigenvalue weighted by atomic mass is 10.1. The van der Waals surface area contributed by atoms with Crippen molar-refractivity contribution < 1.29 is 23.3 Å². The van der Waals surface area contributed by atoms with Gasteiger partial charge in [0.15, 0.2) is 5.78 Å². The highest BCUT2D eigenvalue weighted by Crippen LogP contribution is 2.19. The van der Waals surface area contributed by atoms with E-state index >= 15 is 0 Å². The SMILES string of the molecule is O=C(CCCn1ccnn1)c1ccc(OCc2coc(/C=C/c3ccc([N+](=O)[O-])cc3F)n2)cc1. The van der Waals surface area contributed by atoms with Gasteiger partial charge in [-0.25, -0.2) is 9.37 Å². The second-order valence-electron chi connectivity index (χ2n) is 7.48. The van der Waals surface area contributed by atoms with E-state index in [-0.39, 0.29) is 29.5 Å². The number of ketones is 1. The molecule has 0 atom stereocenters. The van der Waals surface area contributed by atoms with Crippen molar-refractivity contribution in [3.8, 4) is 5.75 Å². The van der Waals surface area contributed by atoms with E-state index in [1.54, 1.807) is 41.3 Å². The lowest BCUT2D eigenvalue weighted by Crippen LogP contribution is -2.04. The molecule has 0 N–H and O–H groups in total. The molecule has 0 unspecified atom stereocenters. The van der Waals surface area contributed by atoms with Crippen LogP contribution in [0.5, 0.6) is 5.75 Å². The molecule has 2 heterocycles. The molecule has 0 aliphatic carbocycles. The molecule has 0 radical (unpaired) electrons. The van der Waals surface area contributed by atoms with E-state index in [4.69, 9.17) is 9.15 Å². The fourth-order valence-corrected chi connectivity index (χ4v) is 3.18. The van der Waals surface area contributed by atoms with Gasteiger partial charge in [-0.2, -0.15) is 0 Å². The number of rotatable bonds is 11. The number of nitro groups is 1. The first-order valence-electron chi connectivity index (χ1n) is 10.6. The Morgan fingerprint density at radius 2 is 2.03 bits per heavy atom. The lowest BCUT2D eigenvalue weighted by Gasteiger charge is -2.05. The summed E-state index contributed by atoms with van der Waals surface area (Å²) in [5, 5.41) is 18.3. The summed E-state index contributed by atoms with van der Waals surface area (Å²) in [6, 6.07) is 10.2. The van der Waals surface area contributed by atoms with Crippen LogP contribution in [0.2, 0.25) is 0 Å². The summed E-state index contributed by atoms with van der Waals surface area (Å²) in [6.45, 7) is 0.763. The summed E-state index contributed by atoms with van der Waals surface area (Å²) in [6.07, 6.45) is 8.70. The molecular weight excluding hydrogens is 457 g/mol. The highest BCUT2D eigenvalue weighted by Gasteiger charge is 2.10. The monoisotopic (exact) mass is 477 g/mol. The van der Waals surface area contributed by atoms with Crippen molar-refractivity contribution in [1.82, 2.24) is 20.0 Å². The van der Waals surface area contributed by atoms with E-state index in [0.29, 0.717) is 36.4 Å². The molecular formula is C24H20FN5O5. The van der Waals surface area contributed by atoms with Crippen molar-refractivity contribution >= 4 is 23.6 Å². The molecule has 4 rings (SSSR count). The van der Waals surface area contributed by atoms with Crippen LogP contribution in [-0.4, -0.2) is 30.7 Å². The number of carbonyl (C=O) groups excluding carboxylic acids is 1. The van der Waals surface area contributed by atoms with Gasteiger partial charge >= 0.3 is 0 Å². The molecule has 2 aromatic heterocycles. The maximum absolute atomic E-state index is 14.0. The van der Waals surface area contributed by atoms with Crippen LogP contribution in [0, 0.1) is 15.9 Å². The summed E-state index contributed by atoms with van der Waals surface area (Å²) < 4.78 is 26.7. The van der Waals surface area contributed by atoms with Crippen molar-refractivity contribution in [3.63, 3.8) is 0 Å². The number of nitro benzene ring substituents is 1. The van der Waals surface area contributed by atoms with Crippen LogP contribution in [0.25, 0.3) is 12.2 Å². The normalized spacial score (nSPS) is 11.1. The highest BCUT2D eigenvalue weighted by molar-refractivity contribution is 5.96. The second kappa shape index (κ2) is 11.0. The zero-order valence-electron chi connectivity index (χ0n) is 18.4. The molecule has 0 aliphatic rings. The fraction of sp³-hybridized carbons (Fsp3) is 0.167. The Labute approximate surface area is 198 Å². The van der Waals surface area contributed by atoms with Gasteiger partial charge in [-0.15, -0.1) is 5.10 Å². The first kappa shape index (κ1) is 23.5. The van der Waals surface area contributed by atoms with E-state index in [0.717, 1.165) is 6.07 Å². The van der Waals surface area contributed by atoms with Gasteiger partial charge in [0.1, 0.15) is 30.1 Å². The third-order valence-corrected chi connectivity index (χ3v) is 5.00. The number of aryl methyl sites for hydroxylation is 1. The molecule has 4 aromatic rings. The molecule has 0 fully saturated rings. The van der Waals surface area contributed by atoms with Gasteiger partial charge in [-0.1, -0.05) is 5.21 Å². The zero-order valence-corrected chi connectivity index (χ0v) is 18.4. The first-order valence-corrected chi connectivity index (χ1v) is 10.6. The van der Waals surface area contributed by atoms with E-state index < -0.39 is 10.7 Å². The molecule has 0 saturated heterocycles. The smallest absolute Gasteiger partial charge is 0.272 e. The van der Waals surface area contributed by atoms with Crippen LogP contribution >= 0.6 is 0 Å². The molecule has 35 heavy (non-hydrogen) atoms. The molecule has 178 valence electrons. The Morgan fingerprint density at radius 3 is 2.74 bits per heavy atom. The second-order valence-corrected chi connectivity index (χ2v) is 7.48. The van der Waals surface area contributed by atoms with Crippen LogP contribution in [0.4, 0.5) is 10.1 Å². The van der Waals surface area contributed by atoms with Gasteiger partial charge < -0.3 is 9.15 Å². The van der Waals surface area contributed by atoms with Crippen molar-refractivity contribution in [2.45, 2.75) is 26.0 Å². The molecule has 0 saturated carbocycles. The number of hydrogen-bond donors (Lipinski definition) is 0. The molecule has 10 nitrogen and oxygen atoms in total. The first-order chi connectivity index (χ1) is 17.0. The van der Waals surface area contributed by atoms with E-state index in [1.807, 2.05) is 0 Å². The van der Waals surface area contributed by atoms with E-state index in [1.165, 1.54) is 30.5 Å². The van der Waals surface area contributed by atoms with Gasteiger partial charge in [0.25, 0.3) is 5.69 Å². The minimum absolute atomic E-state index is 0.0362. The van der Waals surface area contributed by atoms with Crippen LogP contribution in [-0.2, 0) is 13.2 Å². The molecule has 0 aliphatic heterocycles. The molecule has 0 amide bonds. The summed E-state index contributed by atoms with van der Waals surface area (Å²) in [5.41, 5.74) is 0.959. The lowest BCUT2D eigenvalue weighted by molar-refractivity contribution is -0.385.